The third-order valence-electron chi connectivity index (χ3n) is 2.87. The lowest BCUT2D eigenvalue weighted by Crippen LogP contribution is -2.04. The van der Waals surface area contributed by atoms with Gasteiger partial charge < -0.3 is 4.42 Å². The van der Waals surface area contributed by atoms with Gasteiger partial charge in [-0.15, -0.1) is 0 Å². The van der Waals surface area contributed by atoms with Gasteiger partial charge >= 0.3 is 6.18 Å². The molecule has 0 radical (unpaired) electrons. The Balaban J connectivity index is 0.00000106. The molecule has 1 aromatic heterocycles. The van der Waals surface area contributed by atoms with Crippen molar-refractivity contribution in [1.82, 2.24) is 4.98 Å². The summed E-state index contributed by atoms with van der Waals surface area (Å²) in [4.78, 5) is 4.26. The van der Waals surface area contributed by atoms with E-state index >= 15 is 0 Å². The predicted molar refractivity (Wildman–Crippen MR) is 77.0 cm³/mol. The molecule has 0 amide bonds. The van der Waals surface area contributed by atoms with Crippen LogP contribution in [0.1, 0.15) is 44.7 Å². The minimum atomic E-state index is -4.36. The SMILES string of the molecule is CC.CCc1nc(-c2cccc(C(F)(F)F)c2)oc1CC. The Bertz CT molecular complexity index is 552. The number of rotatable bonds is 3. The summed E-state index contributed by atoms with van der Waals surface area (Å²) in [6.07, 6.45) is -2.98. The second-order valence-corrected chi connectivity index (χ2v) is 4.17. The number of nitrogens with zero attached hydrogens (tertiary/aromatic N) is 1. The first-order chi connectivity index (χ1) is 9.95. The molecule has 0 unspecified atom stereocenters. The summed E-state index contributed by atoms with van der Waals surface area (Å²) in [7, 11) is 0. The first kappa shape index (κ1) is 17.3. The van der Waals surface area contributed by atoms with Gasteiger partial charge in [-0.05, 0) is 24.6 Å². The molecule has 0 spiro atoms. The molecule has 0 saturated heterocycles. The second kappa shape index (κ2) is 7.29. The molecule has 2 aromatic rings. The molecule has 0 atom stereocenters. The van der Waals surface area contributed by atoms with Crippen molar-refractivity contribution >= 4 is 0 Å². The summed E-state index contributed by atoms with van der Waals surface area (Å²) in [6.45, 7) is 7.86. The lowest BCUT2D eigenvalue weighted by Gasteiger charge is -2.06. The molecule has 0 fully saturated rings. The van der Waals surface area contributed by atoms with Gasteiger partial charge in [-0.2, -0.15) is 13.2 Å². The maximum Gasteiger partial charge on any atom is 0.416 e. The zero-order chi connectivity index (χ0) is 16.0. The molecule has 0 aliphatic rings. The van der Waals surface area contributed by atoms with E-state index < -0.39 is 11.7 Å². The third kappa shape index (κ3) is 4.09. The van der Waals surface area contributed by atoms with E-state index in [4.69, 9.17) is 4.42 Å². The number of halogens is 3. The standard InChI is InChI=1S/C14H14F3NO.C2H6/c1-3-11-12(4-2)19-13(18-11)9-6-5-7-10(8-9)14(15,16)17;1-2/h5-8H,3-4H2,1-2H3;1-2H3. The maximum atomic E-state index is 12.6. The Kier molecular flexibility index (Phi) is 6.00. The summed E-state index contributed by atoms with van der Waals surface area (Å²) in [5.74, 6) is 0.981. The van der Waals surface area contributed by atoms with Crippen molar-refractivity contribution in [1.29, 1.82) is 0 Å². The average molecular weight is 299 g/mol. The van der Waals surface area contributed by atoms with E-state index in [1.54, 1.807) is 6.07 Å². The van der Waals surface area contributed by atoms with Crippen LogP contribution in [0.15, 0.2) is 28.7 Å². The minimum absolute atomic E-state index is 0.250. The van der Waals surface area contributed by atoms with Crippen molar-refractivity contribution in [3.05, 3.63) is 41.3 Å². The first-order valence-corrected chi connectivity index (χ1v) is 7.12. The Morgan fingerprint density at radius 3 is 2.24 bits per heavy atom. The number of hydrogen-bond donors (Lipinski definition) is 0. The molecular formula is C16H20F3NO. The van der Waals surface area contributed by atoms with E-state index in [9.17, 15) is 13.2 Å². The fourth-order valence-corrected chi connectivity index (χ4v) is 1.89. The molecule has 0 saturated carbocycles. The zero-order valence-electron chi connectivity index (χ0n) is 12.7. The van der Waals surface area contributed by atoms with E-state index in [0.29, 0.717) is 18.4 Å². The van der Waals surface area contributed by atoms with Crippen LogP contribution in [-0.4, -0.2) is 4.98 Å². The molecule has 21 heavy (non-hydrogen) atoms. The summed E-state index contributed by atoms with van der Waals surface area (Å²) in [5, 5.41) is 0. The highest BCUT2D eigenvalue weighted by Crippen LogP contribution is 2.32. The van der Waals surface area contributed by atoms with E-state index in [1.807, 2.05) is 27.7 Å². The van der Waals surface area contributed by atoms with Gasteiger partial charge in [-0.3, -0.25) is 0 Å². The van der Waals surface area contributed by atoms with E-state index in [2.05, 4.69) is 4.98 Å². The van der Waals surface area contributed by atoms with Crippen LogP contribution in [0, 0.1) is 0 Å². The quantitative estimate of drug-likeness (QED) is 0.746. The molecule has 1 heterocycles. The summed E-state index contributed by atoms with van der Waals surface area (Å²) < 4.78 is 43.5. The Morgan fingerprint density at radius 1 is 1.10 bits per heavy atom. The summed E-state index contributed by atoms with van der Waals surface area (Å²) in [5.41, 5.74) is 0.457. The van der Waals surface area contributed by atoms with Crippen LogP contribution in [-0.2, 0) is 19.0 Å². The van der Waals surface area contributed by atoms with E-state index in [1.165, 1.54) is 6.07 Å². The summed E-state index contributed by atoms with van der Waals surface area (Å²) in [6, 6.07) is 5.03. The summed E-state index contributed by atoms with van der Waals surface area (Å²) >= 11 is 0. The number of hydrogen-bond acceptors (Lipinski definition) is 2. The number of alkyl halides is 3. The highest BCUT2D eigenvalue weighted by atomic mass is 19.4. The third-order valence-corrected chi connectivity index (χ3v) is 2.87. The van der Waals surface area contributed by atoms with Crippen molar-refractivity contribution in [2.24, 2.45) is 0 Å². The van der Waals surface area contributed by atoms with Crippen LogP contribution in [0.2, 0.25) is 0 Å². The molecule has 5 heteroatoms. The lowest BCUT2D eigenvalue weighted by molar-refractivity contribution is -0.137. The molecule has 0 aliphatic carbocycles. The number of aryl methyl sites for hydroxylation is 2. The topological polar surface area (TPSA) is 26.0 Å². The fourth-order valence-electron chi connectivity index (χ4n) is 1.89. The molecule has 116 valence electrons. The Labute approximate surface area is 123 Å². The Morgan fingerprint density at radius 2 is 1.76 bits per heavy atom. The molecule has 1 aromatic carbocycles. The molecular weight excluding hydrogens is 279 g/mol. The van der Waals surface area contributed by atoms with Gasteiger partial charge in [0.25, 0.3) is 0 Å². The van der Waals surface area contributed by atoms with Gasteiger partial charge in [0.05, 0.1) is 11.3 Å². The van der Waals surface area contributed by atoms with Crippen LogP contribution in [0.3, 0.4) is 0 Å². The van der Waals surface area contributed by atoms with Crippen molar-refractivity contribution in [3.63, 3.8) is 0 Å². The van der Waals surface area contributed by atoms with Crippen molar-refractivity contribution in [2.45, 2.75) is 46.7 Å². The van der Waals surface area contributed by atoms with E-state index in [-0.39, 0.29) is 5.89 Å². The highest BCUT2D eigenvalue weighted by Gasteiger charge is 2.30. The first-order valence-electron chi connectivity index (χ1n) is 7.12. The smallest absolute Gasteiger partial charge is 0.416 e. The van der Waals surface area contributed by atoms with Gasteiger partial charge in [0.2, 0.25) is 5.89 Å². The zero-order valence-corrected chi connectivity index (χ0v) is 12.7. The molecule has 2 nitrogen and oxygen atoms in total. The van der Waals surface area contributed by atoms with Crippen LogP contribution in [0.25, 0.3) is 11.5 Å². The molecule has 0 bridgehead atoms. The van der Waals surface area contributed by atoms with Gasteiger partial charge in [0, 0.05) is 12.0 Å². The fraction of sp³-hybridized carbons (Fsp3) is 0.438. The Hall–Kier alpha value is -1.78. The number of benzene rings is 1. The van der Waals surface area contributed by atoms with Gasteiger partial charge in [-0.25, -0.2) is 4.98 Å². The predicted octanol–water partition coefficient (Wildman–Crippen LogP) is 5.51. The van der Waals surface area contributed by atoms with Crippen LogP contribution in [0.5, 0.6) is 0 Å². The van der Waals surface area contributed by atoms with Gasteiger partial charge in [0.15, 0.2) is 0 Å². The number of oxazole rings is 1. The lowest BCUT2D eigenvalue weighted by atomic mass is 10.1. The van der Waals surface area contributed by atoms with E-state index in [0.717, 1.165) is 23.6 Å². The van der Waals surface area contributed by atoms with Crippen LogP contribution in [0.4, 0.5) is 13.2 Å². The normalized spacial score (nSPS) is 11.0. The largest absolute Gasteiger partial charge is 0.441 e. The highest BCUT2D eigenvalue weighted by molar-refractivity contribution is 5.55. The molecule has 0 aliphatic heterocycles. The van der Waals surface area contributed by atoms with Crippen molar-refractivity contribution < 1.29 is 17.6 Å². The van der Waals surface area contributed by atoms with Crippen molar-refractivity contribution in [3.8, 4) is 11.5 Å². The van der Waals surface area contributed by atoms with Crippen LogP contribution >= 0.6 is 0 Å². The number of aromatic nitrogens is 1. The van der Waals surface area contributed by atoms with Gasteiger partial charge in [-0.1, -0.05) is 33.8 Å². The average Bonchev–Trinajstić information content (AvgIpc) is 2.92. The minimum Gasteiger partial charge on any atom is -0.441 e. The van der Waals surface area contributed by atoms with Crippen molar-refractivity contribution in [2.75, 3.05) is 0 Å². The second-order valence-electron chi connectivity index (χ2n) is 4.17. The molecule has 2 rings (SSSR count). The monoisotopic (exact) mass is 299 g/mol. The molecule has 0 N–H and O–H groups in total. The van der Waals surface area contributed by atoms with Gasteiger partial charge in [0.1, 0.15) is 5.76 Å². The van der Waals surface area contributed by atoms with Crippen LogP contribution < -0.4 is 0 Å². The maximum absolute atomic E-state index is 12.6.